The van der Waals surface area contributed by atoms with Crippen LogP contribution < -0.4 is 10.6 Å². The van der Waals surface area contributed by atoms with E-state index in [1.54, 1.807) is 12.1 Å². The number of thiazole rings is 1. The third kappa shape index (κ3) is 4.42. The molecule has 0 aliphatic heterocycles. The number of carbonyl (C=O) groups is 2. The van der Waals surface area contributed by atoms with Crippen LogP contribution in [0.3, 0.4) is 0 Å². The fraction of sp³-hybridized carbons (Fsp3) is 0.400. The zero-order valence-electron chi connectivity index (χ0n) is 12.6. The Hall–Kier alpha value is -2.15. The molecule has 0 saturated carbocycles. The number of aryl methyl sites for hydroxylation is 2. The lowest BCUT2D eigenvalue weighted by atomic mass is 10.3. The molecule has 2 aromatic rings. The van der Waals surface area contributed by atoms with E-state index in [-0.39, 0.29) is 17.6 Å². The van der Waals surface area contributed by atoms with Crippen molar-refractivity contribution in [3.05, 3.63) is 34.7 Å². The Bertz CT molecular complexity index is 635. The number of anilines is 1. The molecular weight excluding hydrogens is 302 g/mol. The van der Waals surface area contributed by atoms with Crippen molar-refractivity contribution in [1.29, 1.82) is 0 Å². The smallest absolute Gasteiger partial charge is 0.286 e. The molecule has 2 aromatic heterocycles. The van der Waals surface area contributed by atoms with Crippen LogP contribution in [0, 0.1) is 6.92 Å². The molecule has 7 heteroatoms. The van der Waals surface area contributed by atoms with Gasteiger partial charge in [-0.2, -0.15) is 0 Å². The normalized spacial score (nSPS) is 10.5. The molecule has 6 nitrogen and oxygen atoms in total. The van der Waals surface area contributed by atoms with Gasteiger partial charge in [0.2, 0.25) is 5.91 Å². The van der Waals surface area contributed by atoms with Crippen molar-refractivity contribution < 1.29 is 14.0 Å². The van der Waals surface area contributed by atoms with Crippen LogP contribution in [0.1, 0.15) is 40.9 Å². The van der Waals surface area contributed by atoms with Gasteiger partial charge in [-0.1, -0.05) is 6.92 Å². The predicted molar refractivity (Wildman–Crippen MR) is 85.1 cm³/mol. The fourth-order valence-electron chi connectivity index (χ4n) is 1.94. The summed E-state index contributed by atoms with van der Waals surface area (Å²) >= 11 is 1.48. The van der Waals surface area contributed by atoms with Crippen molar-refractivity contribution in [2.75, 3.05) is 11.9 Å². The summed E-state index contributed by atoms with van der Waals surface area (Å²) in [6.45, 7) is 4.45. The van der Waals surface area contributed by atoms with E-state index in [4.69, 9.17) is 4.42 Å². The van der Waals surface area contributed by atoms with Crippen LogP contribution in [0.25, 0.3) is 0 Å². The predicted octanol–water partition coefficient (Wildman–Crippen LogP) is 2.76. The van der Waals surface area contributed by atoms with Crippen molar-refractivity contribution in [3.63, 3.8) is 0 Å². The van der Waals surface area contributed by atoms with Gasteiger partial charge in [-0.15, -0.1) is 11.3 Å². The lowest BCUT2D eigenvalue weighted by molar-refractivity contribution is -0.116. The summed E-state index contributed by atoms with van der Waals surface area (Å²) in [5.41, 5.74) is 1.02. The van der Waals surface area contributed by atoms with E-state index < -0.39 is 0 Å². The van der Waals surface area contributed by atoms with Crippen LogP contribution in [0.4, 0.5) is 5.13 Å². The zero-order chi connectivity index (χ0) is 15.9. The van der Waals surface area contributed by atoms with Crippen LogP contribution in [0.15, 0.2) is 22.8 Å². The molecular formula is C15H19N3O3S. The first kappa shape index (κ1) is 16.2. The number of hydrogen-bond acceptors (Lipinski definition) is 5. The van der Waals surface area contributed by atoms with E-state index >= 15 is 0 Å². The maximum absolute atomic E-state index is 11.8. The molecule has 0 aromatic carbocycles. The fourth-order valence-corrected chi connectivity index (χ4v) is 2.86. The number of aromatic nitrogens is 1. The molecule has 0 bridgehead atoms. The molecule has 0 saturated heterocycles. The second kappa shape index (κ2) is 7.74. The van der Waals surface area contributed by atoms with Gasteiger partial charge in [-0.25, -0.2) is 4.98 Å². The molecule has 0 radical (unpaired) electrons. The minimum Gasteiger partial charge on any atom is -0.459 e. The van der Waals surface area contributed by atoms with Crippen LogP contribution in [-0.4, -0.2) is 23.3 Å². The minimum atomic E-state index is -0.270. The third-order valence-corrected chi connectivity index (χ3v) is 4.01. The van der Waals surface area contributed by atoms with E-state index in [0.29, 0.717) is 24.5 Å². The lowest BCUT2D eigenvalue weighted by Gasteiger charge is -2.03. The average Bonchev–Trinajstić information content (AvgIpc) is 3.13. The van der Waals surface area contributed by atoms with Gasteiger partial charge in [-0.05, 0) is 31.9 Å². The van der Waals surface area contributed by atoms with E-state index in [1.807, 2.05) is 13.8 Å². The van der Waals surface area contributed by atoms with Crippen molar-refractivity contribution in [2.45, 2.75) is 33.1 Å². The molecule has 0 aliphatic carbocycles. The summed E-state index contributed by atoms with van der Waals surface area (Å²) in [6.07, 6.45) is 3.20. The van der Waals surface area contributed by atoms with Gasteiger partial charge in [0.15, 0.2) is 10.9 Å². The molecule has 0 aliphatic rings. The maximum Gasteiger partial charge on any atom is 0.286 e. The highest BCUT2D eigenvalue weighted by molar-refractivity contribution is 7.15. The lowest BCUT2D eigenvalue weighted by Crippen LogP contribution is -2.25. The van der Waals surface area contributed by atoms with Gasteiger partial charge in [0.1, 0.15) is 0 Å². The van der Waals surface area contributed by atoms with Gasteiger partial charge in [0.05, 0.1) is 12.0 Å². The number of amides is 2. The van der Waals surface area contributed by atoms with Crippen molar-refractivity contribution in [3.8, 4) is 0 Å². The Kier molecular flexibility index (Phi) is 5.71. The molecule has 0 spiro atoms. The molecule has 0 fully saturated rings. The van der Waals surface area contributed by atoms with E-state index in [0.717, 1.165) is 17.0 Å². The van der Waals surface area contributed by atoms with Gasteiger partial charge >= 0.3 is 0 Å². The first-order valence-corrected chi connectivity index (χ1v) is 7.99. The van der Waals surface area contributed by atoms with Gasteiger partial charge in [0.25, 0.3) is 5.91 Å². The number of nitrogens with one attached hydrogen (secondary N) is 2. The summed E-state index contributed by atoms with van der Waals surface area (Å²) in [4.78, 5) is 28.9. The molecule has 118 valence electrons. The monoisotopic (exact) mass is 321 g/mol. The van der Waals surface area contributed by atoms with Crippen molar-refractivity contribution in [1.82, 2.24) is 10.3 Å². The average molecular weight is 321 g/mol. The highest BCUT2D eigenvalue weighted by Gasteiger charge is 2.10. The van der Waals surface area contributed by atoms with Crippen LogP contribution >= 0.6 is 11.3 Å². The SMILES string of the molecule is CCc1nc(NC(=O)CCCNC(=O)c2ccco2)sc1C. The van der Waals surface area contributed by atoms with Crippen LogP contribution in [0.5, 0.6) is 0 Å². The van der Waals surface area contributed by atoms with E-state index in [1.165, 1.54) is 17.6 Å². The van der Waals surface area contributed by atoms with Crippen molar-refractivity contribution >= 4 is 28.3 Å². The second-order valence-electron chi connectivity index (χ2n) is 4.76. The summed E-state index contributed by atoms with van der Waals surface area (Å²) in [6, 6.07) is 3.25. The largest absolute Gasteiger partial charge is 0.459 e. The third-order valence-electron chi connectivity index (χ3n) is 3.09. The molecule has 2 heterocycles. The first-order chi connectivity index (χ1) is 10.6. The summed E-state index contributed by atoms with van der Waals surface area (Å²) in [5.74, 6) is -0.0907. The molecule has 0 atom stereocenters. The van der Waals surface area contributed by atoms with Crippen molar-refractivity contribution in [2.24, 2.45) is 0 Å². The molecule has 2 amide bonds. The van der Waals surface area contributed by atoms with Gasteiger partial charge in [0, 0.05) is 17.8 Å². The van der Waals surface area contributed by atoms with E-state index in [9.17, 15) is 9.59 Å². The standard InChI is InChI=1S/C15H19N3O3S/c1-3-11-10(2)22-15(17-11)18-13(19)7-4-8-16-14(20)12-6-5-9-21-12/h5-6,9H,3-4,7-8H2,1-2H3,(H,16,20)(H,17,18,19). The molecule has 22 heavy (non-hydrogen) atoms. The second-order valence-corrected chi connectivity index (χ2v) is 5.96. The zero-order valence-corrected chi connectivity index (χ0v) is 13.5. The van der Waals surface area contributed by atoms with Gasteiger partial charge < -0.3 is 15.1 Å². The maximum atomic E-state index is 11.8. The Balaban J connectivity index is 1.68. The topological polar surface area (TPSA) is 84.2 Å². The van der Waals surface area contributed by atoms with Gasteiger partial charge in [-0.3, -0.25) is 9.59 Å². The Morgan fingerprint density at radius 1 is 1.41 bits per heavy atom. The number of carbonyl (C=O) groups excluding carboxylic acids is 2. The summed E-state index contributed by atoms with van der Waals surface area (Å²) < 4.78 is 4.98. The summed E-state index contributed by atoms with van der Waals surface area (Å²) in [5, 5.41) is 6.13. The highest BCUT2D eigenvalue weighted by Crippen LogP contribution is 2.22. The first-order valence-electron chi connectivity index (χ1n) is 7.18. The molecule has 2 N–H and O–H groups in total. The molecule has 0 unspecified atom stereocenters. The van der Waals surface area contributed by atoms with Crippen LogP contribution in [-0.2, 0) is 11.2 Å². The molecule has 2 rings (SSSR count). The Morgan fingerprint density at radius 2 is 2.23 bits per heavy atom. The number of furan rings is 1. The number of hydrogen-bond donors (Lipinski definition) is 2. The highest BCUT2D eigenvalue weighted by atomic mass is 32.1. The Labute approximate surface area is 132 Å². The Morgan fingerprint density at radius 3 is 2.86 bits per heavy atom. The van der Waals surface area contributed by atoms with Crippen LogP contribution in [0.2, 0.25) is 0 Å². The summed E-state index contributed by atoms with van der Waals surface area (Å²) in [7, 11) is 0. The van der Waals surface area contributed by atoms with E-state index in [2.05, 4.69) is 15.6 Å². The minimum absolute atomic E-state index is 0.0938. The quantitative estimate of drug-likeness (QED) is 0.768. The number of rotatable bonds is 7. The number of nitrogens with zero attached hydrogens (tertiary/aromatic N) is 1.